The summed E-state index contributed by atoms with van der Waals surface area (Å²) in [5.41, 5.74) is 2.91. The minimum Gasteiger partial charge on any atom is -0.330 e. The molecule has 0 saturated carbocycles. The van der Waals surface area contributed by atoms with Crippen LogP contribution < -0.4 is 10.7 Å². The Morgan fingerprint density at radius 2 is 1.95 bits per heavy atom. The smallest absolute Gasteiger partial charge is 0.191 e. The average molecular weight is 292 g/mol. The summed E-state index contributed by atoms with van der Waals surface area (Å²) in [6.45, 7) is 0. The summed E-state index contributed by atoms with van der Waals surface area (Å²) in [6.07, 6.45) is 4.23. The van der Waals surface area contributed by atoms with Gasteiger partial charge in [0.15, 0.2) is 5.11 Å². The molecule has 7 heteroatoms. The highest BCUT2D eigenvalue weighted by atomic mass is 32.1. The highest BCUT2D eigenvalue weighted by Crippen LogP contribution is 2.09. The molecule has 20 heavy (non-hydrogen) atoms. The van der Waals surface area contributed by atoms with Gasteiger partial charge in [0.1, 0.15) is 11.6 Å². The number of benzene rings is 1. The third kappa shape index (κ3) is 3.79. The summed E-state index contributed by atoms with van der Waals surface area (Å²) < 4.78 is 26.6. The summed E-state index contributed by atoms with van der Waals surface area (Å²) in [5.74, 6) is -1.39. The first-order chi connectivity index (χ1) is 9.66. The number of rotatable bonds is 3. The van der Waals surface area contributed by atoms with Crippen LogP contribution in [0.4, 0.5) is 14.5 Å². The van der Waals surface area contributed by atoms with Crippen LogP contribution in [0.15, 0.2) is 47.8 Å². The first-order valence-corrected chi connectivity index (χ1v) is 6.02. The maximum absolute atomic E-state index is 13.3. The van der Waals surface area contributed by atoms with Gasteiger partial charge in [0, 0.05) is 6.20 Å². The van der Waals surface area contributed by atoms with Gasteiger partial charge in [-0.15, -0.1) is 0 Å². The van der Waals surface area contributed by atoms with Crippen LogP contribution in [0, 0.1) is 11.6 Å². The number of halogens is 2. The van der Waals surface area contributed by atoms with Crippen molar-refractivity contribution in [3.63, 3.8) is 0 Å². The fourth-order valence-corrected chi connectivity index (χ4v) is 1.56. The number of hydrogen-bond donors (Lipinski definition) is 2. The van der Waals surface area contributed by atoms with E-state index in [9.17, 15) is 8.78 Å². The van der Waals surface area contributed by atoms with E-state index in [4.69, 9.17) is 12.2 Å². The number of hydrogen-bond acceptors (Lipinski definition) is 3. The van der Waals surface area contributed by atoms with Crippen LogP contribution in [0.3, 0.4) is 0 Å². The van der Waals surface area contributed by atoms with E-state index in [2.05, 4.69) is 20.8 Å². The van der Waals surface area contributed by atoms with Gasteiger partial charge in [-0.05, 0) is 36.5 Å². The first-order valence-electron chi connectivity index (χ1n) is 5.61. The lowest BCUT2D eigenvalue weighted by molar-refractivity contribution is 0.580. The molecule has 0 radical (unpaired) electrons. The average Bonchev–Trinajstić information content (AvgIpc) is 2.43. The van der Waals surface area contributed by atoms with Gasteiger partial charge in [0.05, 0.1) is 23.7 Å². The van der Waals surface area contributed by atoms with E-state index in [0.717, 1.165) is 18.3 Å². The molecule has 0 saturated heterocycles. The second-order valence-electron chi connectivity index (χ2n) is 3.70. The zero-order valence-corrected chi connectivity index (χ0v) is 11.0. The third-order valence-electron chi connectivity index (χ3n) is 2.28. The number of nitrogens with zero attached hydrogens (tertiary/aromatic N) is 2. The molecule has 0 atom stereocenters. The summed E-state index contributed by atoms with van der Waals surface area (Å²) in [4.78, 5) is 3.90. The van der Waals surface area contributed by atoms with Crippen LogP contribution in [0.5, 0.6) is 0 Å². The van der Waals surface area contributed by atoms with Gasteiger partial charge in [-0.25, -0.2) is 8.78 Å². The summed E-state index contributed by atoms with van der Waals surface area (Å²) >= 11 is 4.97. The number of hydrazone groups is 1. The molecule has 1 heterocycles. The molecule has 0 fully saturated rings. The summed E-state index contributed by atoms with van der Waals surface area (Å²) in [6, 6.07) is 7.08. The minimum absolute atomic E-state index is 0.186. The Morgan fingerprint density at radius 3 is 2.60 bits per heavy atom. The molecule has 1 aromatic carbocycles. The Bertz CT molecular complexity index is 611. The zero-order chi connectivity index (χ0) is 14.4. The van der Waals surface area contributed by atoms with Crippen LogP contribution in [0.2, 0.25) is 0 Å². The van der Waals surface area contributed by atoms with Crippen molar-refractivity contribution in [3.05, 3.63) is 59.9 Å². The molecule has 102 valence electrons. The molecule has 0 spiro atoms. The predicted molar refractivity (Wildman–Crippen MR) is 77.5 cm³/mol. The van der Waals surface area contributed by atoms with Crippen molar-refractivity contribution in [2.24, 2.45) is 5.10 Å². The van der Waals surface area contributed by atoms with Crippen molar-refractivity contribution in [3.8, 4) is 0 Å². The molecule has 2 N–H and O–H groups in total. The van der Waals surface area contributed by atoms with Crippen LogP contribution in [0.25, 0.3) is 0 Å². The molecule has 0 aliphatic carbocycles. The normalized spacial score (nSPS) is 10.5. The second-order valence-corrected chi connectivity index (χ2v) is 4.11. The fourth-order valence-electron chi connectivity index (χ4n) is 1.39. The monoisotopic (exact) mass is 292 g/mol. The SMILES string of the molecule is Fc1cccc(F)c1/C=N\NC(=S)Nc1cccnc1. The maximum Gasteiger partial charge on any atom is 0.191 e. The lowest BCUT2D eigenvalue weighted by Gasteiger charge is -2.05. The molecule has 1 aromatic heterocycles. The van der Waals surface area contributed by atoms with Gasteiger partial charge < -0.3 is 5.32 Å². The second kappa shape index (κ2) is 6.67. The van der Waals surface area contributed by atoms with E-state index < -0.39 is 11.6 Å². The fraction of sp³-hybridized carbons (Fsp3) is 0. The summed E-state index contributed by atoms with van der Waals surface area (Å²) in [7, 11) is 0. The van der Waals surface area contributed by atoms with Crippen LogP contribution in [0.1, 0.15) is 5.56 Å². The molecule has 2 aromatic rings. The number of nitrogens with one attached hydrogen (secondary N) is 2. The van der Waals surface area contributed by atoms with E-state index in [1.165, 1.54) is 6.07 Å². The van der Waals surface area contributed by atoms with E-state index in [-0.39, 0.29) is 10.7 Å². The summed E-state index contributed by atoms with van der Waals surface area (Å²) in [5, 5.41) is 6.68. The van der Waals surface area contributed by atoms with Crippen LogP contribution >= 0.6 is 12.2 Å². The van der Waals surface area contributed by atoms with Gasteiger partial charge in [-0.1, -0.05) is 6.07 Å². The highest BCUT2D eigenvalue weighted by molar-refractivity contribution is 7.80. The van der Waals surface area contributed by atoms with Gasteiger partial charge in [-0.2, -0.15) is 5.10 Å². The number of thiocarbonyl (C=S) groups is 1. The quantitative estimate of drug-likeness (QED) is 0.519. The predicted octanol–water partition coefficient (Wildman–Crippen LogP) is 2.68. The molecule has 0 amide bonds. The lowest BCUT2D eigenvalue weighted by atomic mass is 10.2. The molecular weight excluding hydrogens is 282 g/mol. The molecule has 0 aliphatic rings. The Balaban J connectivity index is 1.95. The molecular formula is C13H10F2N4S. The van der Waals surface area contributed by atoms with Gasteiger partial charge in [-0.3, -0.25) is 10.4 Å². The van der Waals surface area contributed by atoms with Gasteiger partial charge in [0.2, 0.25) is 0 Å². The van der Waals surface area contributed by atoms with E-state index >= 15 is 0 Å². The van der Waals surface area contributed by atoms with Gasteiger partial charge in [0.25, 0.3) is 0 Å². The van der Waals surface area contributed by atoms with Gasteiger partial charge >= 0.3 is 0 Å². The van der Waals surface area contributed by atoms with Crippen molar-refractivity contribution in [2.45, 2.75) is 0 Å². The Kier molecular flexibility index (Phi) is 4.67. The molecule has 2 rings (SSSR count). The third-order valence-corrected chi connectivity index (χ3v) is 2.47. The van der Waals surface area contributed by atoms with Crippen molar-refractivity contribution in [2.75, 3.05) is 5.32 Å². The maximum atomic E-state index is 13.3. The molecule has 0 bridgehead atoms. The molecule has 4 nitrogen and oxygen atoms in total. The van der Waals surface area contributed by atoms with Crippen molar-refractivity contribution >= 4 is 29.2 Å². The first kappa shape index (κ1) is 14.0. The zero-order valence-electron chi connectivity index (χ0n) is 10.2. The topological polar surface area (TPSA) is 49.3 Å². The largest absolute Gasteiger partial charge is 0.330 e. The van der Waals surface area contributed by atoms with Crippen LogP contribution in [-0.2, 0) is 0 Å². The lowest BCUT2D eigenvalue weighted by Crippen LogP contribution is -2.24. The van der Waals surface area contributed by atoms with E-state index in [1.54, 1.807) is 24.5 Å². The Labute approximate surface area is 119 Å². The Morgan fingerprint density at radius 1 is 1.20 bits per heavy atom. The molecule has 0 aliphatic heterocycles. The minimum atomic E-state index is -0.693. The standard InChI is InChI=1S/C13H10F2N4S/c14-11-4-1-5-12(15)10(11)8-17-19-13(20)18-9-3-2-6-16-7-9/h1-8H,(H2,18,19,20)/b17-8-. The number of aromatic nitrogens is 1. The number of anilines is 1. The van der Waals surface area contributed by atoms with Crippen molar-refractivity contribution < 1.29 is 8.78 Å². The number of pyridine rings is 1. The highest BCUT2D eigenvalue weighted by Gasteiger charge is 2.05. The van der Waals surface area contributed by atoms with E-state index in [0.29, 0.717) is 5.69 Å². The molecule has 0 unspecified atom stereocenters. The van der Waals surface area contributed by atoms with Crippen molar-refractivity contribution in [1.82, 2.24) is 10.4 Å². The van der Waals surface area contributed by atoms with Crippen molar-refractivity contribution in [1.29, 1.82) is 0 Å². The van der Waals surface area contributed by atoms with E-state index in [1.807, 2.05) is 0 Å². The van der Waals surface area contributed by atoms with Crippen LogP contribution in [-0.4, -0.2) is 16.3 Å². The Hall–Kier alpha value is -2.41.